The number of pyridine rings is 1. The van der Waals surface area contributed by atoms with E-state index in [1.165, 1.54) is 4.98 Å². The second-order valence-electron chi connectivity index (χ2n) is 2.92. The summed E-state index contributed by atoms with van der Waals surface area (Å²) in [6.45, 7) is 0. The molecule has 0 radical (unpaired) electrons. The number of rotatable bonds is 2. The molecule has 0 aliphatic rings. The minimum absolute atomic E-state index is 0.0532. The van der Waals surface area contributed by atoms with E-state index < -0.39 is 40.8 Å². The number of aromatic carboxylic acids is 1. The lowest BCUT2D eigenvalue weighted by molar-refractivity contribution is -0.138. The fourth-order valence-electron chi connectivity index (χ4n) is 1.21. The van der Waals surface area contributed by atoms with Crippen LogP contribution < -0.4 is 5.56 Å². The Morgan fingerprint density at radius 3 is 2.24 bits per heavy atom. The molecule has 0 unspecified atom stereocenters. The van der Waals surface area contributed by atoms with Gasteiger partial charge in [0.25, 0.3) is 12.0 Å². The van der Waals surface area contributed by atoms with Crippen LogP contribution in [0.5, 0.6) is 0 Å². The Bertz CT molecular complexity index is 505. The Labute approximate surface area is 89.7 Å². The Kier molecular flexibility index (Phi) is 3.21. The minimum atomic E-state index is -5.15. The van der Waals surface area contributed by atoms with E-state index in [-0.39, 0.29) is 6.20 Å². The third-order valence-corrected chi connectivity index (χ3v) is 1.87. The van der Waals surface area contributed by atoms with Crippen LogP contribution in [-0.4, -0.2) is 16.1 Å². The van der Waals surface area contributed by atoms with E-state index in [4.69, 9.17) is 5.11 Å². The summed E-state index contributed by atoms with van der Waals surface area (Å²) in [5.41, 5.74) is -6.81. The minimum Gasteiger partial charge on any atom is -0.478 e. The molecule has 1 heterocycles. The lowest BCUT2D eigenvalue weighted by atomic mass is 10.0. The van der Waals surface area contributed by atoms with Crippen LogP contribution in [0.3, 0.4) is 0 Å². The molecule has 0 saturated carbocycles. The van der Waals surface area contributed by atoms with Crippen molar-refractivity contribution >= 4 is 5.97 Å². The van der Waals surface area contributed by atoms with Crippen LogP contribution in [-0.2, 0) is 6.18 Å². The summed E-state index contributed by atoms with van der Waals surface area (Å²) in [6, 6.07) is 0. The maximum absolute atomic E-state index is 12.4. The van der Waals surface area contributed by atoms with Gasteiger partial charge in [0.2, 0.25) is 0 Å². The van der Waals surface area contributed by atoms with Crippen molar-refractivity contribution in [2.75, 3.05) is 0 Å². The molecule has 94 valence electrons. The largest absolute Gasteiger partial charge is 0.478 e. The quantitative estimate of drug-likeness (QED) is 0.796. The van der Waals surface area contributed by atoms with Gasteiger partial charge in [-0.25, -0.2) is 13.6 Å². The highest BCUT2D eigenvalue weighted by Gasteiger charge is 2.39. The van der Waals surface area contributed by atoms with Gasteiger partial charge in [-0.1, -0.05) is 0 Å². The molecule has 0 aromatic carbocycles. The lowest BCUT2D eigenvalue weighted by Gasteiger charge is -2.12. The third-order valence-electron chi connectivity index (χ3n) is 1.87. The number of carbonyl (C=O) groups is 1. The van der Waals surface area contributed by atoms with E-state index in [1.54, 1.807) is 0 Å². The number of nitrogens with one attached hydrogen (secondary N) is 1. The van der Waals surface area contributed by atoms with E-state index in [9.17, 15) is 31.5 Å². The predicted octanol–water partition coefficient (Wildman–Crippen LogP) is 2.03. The number of hydrogen-bond donors (Lipinski definition) is 2. The Morgan fingerprint density at radius 2 is 1.88 bits per heavy atom. The fourth-order valence-corrected chi connectivity index (χ4v) is 1.21. The maximum Gasteiger partial charge on any atom is 0.418 e. The molecule has 0 aliphatic carbocycles. The van der Waals surface area contributed by atoms with Crippen molar-refractivity contribution in [2.45, 2.75) is 12.6 Å². The molecule has 0 spiro atoms. The van der Waals surface area contributed by atoms with Crippen molar-refractivity contribution in [1.29, 1.82) is 0 Å². The topological polar surface area (TPSA) is 70.2 Å². The number of H-pyrrole nitrogens is 1. The van der Waals surface area contributed by atoms with Crippen LogP contribution >= 0.6 is 0 Å². The van der Waals surface area contributed by atoms with Gasteiger partial charge in [-0.2, -0.15) is 13.2 Å². The van der Waals surface area contributed by atoms with Gasteiger partial charge in [0.05, 0.1) is 16.7 Å². The van der Waals surface area contributed by atoms with E-state index >= 15 is 0 Å². The fraction of sp³-hybridized carbons (Fsp3) is 0.250. The molecule has 1 aromatic heterocycles. The molecule has 0 saturated heterocycles. The van der Waals surface area contributed by atoms with Crippen LogP contribution in [0, 0.1) is 0 Å². The number of carboxylic acid groups (broad SMARTS) is 1. The first-order chi connectivity index (χ1) is 7.66. The first-order valence-corrected chi connectivity index (χ1v) is 4.00. The van der Waals surface area contributed by atoms with E-state index in [2.05, 4.69) is 0 Å². The summed E-state index contributed by atoms with van der Waals surface area (Å²) in [4.78, 5) is 22.9. The summed E-state index contributed by atoms with van der Waals surface area (Å²) < 4.78 is 61.8. The molecule has 0 aliphatic heterocycles. The number of halogens is 5. The Balaban J connectivity index is 3.72. The van der Waals surface area contributed by atoms with E-state index in [1.807, 2.05) is 0 Å². The third kappa shape index (κ3) is 2.43. The van der Waals surface area contributed by atoms with Gasteiger partial charge >= 0.3 is 12.1 Å². The van der Waals surface area contributed by atoms with Crippen LogP contribution in [0.25, 0.3) is 0 Å². The van der Waals surface area contributed by atoms with Crippen molar-refractivity contribution in [3.63, 3.8) is 0 Å². The number of alkyl halides is 5. The van der Waals surface area contributed by atoms with Gasteiger partial charge < -0.3 is 10.1 Å². The predicted molar refractivity (Wildman–Crippen MR) is 44.0 cm³/mol. The Hall–Kier alpha value is -1.93. The summed E-state index contributed by atoms with van der Waals surface area (Å²) in [5.74, 6) is -2.24. The zero-order chi connectivity index (χ0) is 13.4. The highest BCUT2D eigenvalue weighted by atomic mass is 19.4. The molecule has 4 nitrogen and oxygen atoms in total. The van der Waals surface area contributed by atoms with Crippen molar-refractivity contribution in [3.05, 3.63) is 33.2 Å². The molecule has 0 amide bonds. The van der Waals surface area contributed by atoms with Gasteiger partial charge in [0.15, 0.2) is 0 Å². The van der Waals surface area contributed by atoms with Crippen LogP contribution in [0.1, 0.15) is 27.9 Å². The maximum atomic E-state index is 12.4. The van der Waals surface area contributed by atoms with Gasteiger partial charge in [-0.05, 0) is 0 Å². The number of carboxylic acids is 1. The summed E-state index contributed by atoms with van der Waals surface area (Å²) in [7, 11) is 0. The molecule has 1 aromatic rings. The average molecular weight is 257 g/mol. The molecule has 0 fully saturated rings. The standard InChI is InChI=1S/C8H4F5NO3/c9-5(10)4-3(7(16)17)2(8(11,12)13)1-14-6(4)15/h1,5H,(H,14,15)(H,16,17). The first kappa shape index (κ1) is 13.1. The van der Waals surface area contributed by atoms with Crippen LogP contribution in [0.15, 0.2) is 11.0 Å². The monoisotopic (exact) mass is 257 g/mol. The molecule has 0 atom stereocenters. The second-order valence-corrected chi connectivity index (χ2v) is 2.92. The number of aromatic amines is 1. The molecule has 17 heavy (non-hydrogen) atoms. The van der Waals surface area contributed by atoms with Gasteiger partial charge in [0, 0.05) is 6.20 Å². The summed E-state index contributed by atoms with van der Waals surface area (Å²) >= 11 is 0. The number of hydrogen-bond acceptors (Lipinski definition) is 2. The molecule has 2 N–H and O–H groups in total. The van der Waals surface area contributed by atoms with E-state index in [0.29, 0.717) is 0 Å². The molecule has 1 rings (SSSR count). The Morgan fingerprint density at radius 1 is 1.35 bits per heavy atom. The number of aromatic nitrogens is 1. The highest BCUT2D eigenvalue weighted by Crippen LogP contribution is 2.34. The molecular formula is C8H4F5NO3. The summed E-state index contributed by atoms with van der Waals surface area (Å²) in [5, 5.41) is 8.50. The van der Waals surface area contributed by atoms with Gasteiger partial charge in [0.1, 0.15) is 0 Å². The van der Waals surface area contributed by atoms with Crippen molar-refractivity contribution < 1.29 is 31.9 Å². The highest BCUT2D eigenvalue weighted by molar-refractivity contribution is 5.91. The van der Waals surface area contributed by atoms with E-state index in [0.717, 1.165) is 0 Å². The SMILES string of the molecule is O=C(O)c1c(C(F)(F)F)c[nH]c(=O)c1C(F)F. The smallest absolute Gasteiger partial charge is 0.418 e. The normalized spacial score (nSPS) is 11.9. The lowest BCUT2D eigenvalue weighted by Crippen LogP contribution is -2.24. The van der Waals surface area contributed by atoms with Crippen molar-refractivity contribution in [3.8, 4) is 0 Å². The van der Waals surface area contributed by atoms with Crippen LogP contribution in [0.4, 0.5) is 22.0 Å². The van der Waals surface area contributed by atoms with Gasteiger partial charge in [-0.3, -0.25) is 4.79 Å². The molecule has 9 heteroatoms. The van der Waals surface area contributed by atoms with Gasteiger partial charge in [-0.15, -0.1) is 0 Å². The summed E-state index contributed by atoms with van der Waals surface area (Å²) in [6.07, 6.45) is -8.72. The molecule has 0 bridgehead atoms. The first-order valence-electron chi connectivity index (χ1n) is 4.00. The average Bonchev–Trinajstić information content (AvgIpc) is 2.14. The van der Waals surface area contributed by atoms with Crippen molar-refractivity contribution in [1.82, 2.24) is 4.98 Å². The zero-order valence-electron chi connectivity index (χ0n) is 7.81. The molecular weight excluding hydrogens is 253 g/mol. The van der Waals surface area contributed by atoms with Crippen molar-refractivity contribution in [2.24, 2.45) is 0 Å². The second kappa shape index (κ2) is 4.15. The van der Waals surface area contributed by atoms with Crippen LogP contribution in [0.2, 0.25) is 0 Å². The zero-order valence-corrected chi connectivity index (χ0v) is 7.81.